The first-order valence-electron chi connectivity index (χ1n) is 8.02. The smallest absolute Gasteiger partial charge is 0.319 e. The molecule has 0 aliphatic carbocycles. The topological polar surface area (TPSA) is 96.0 Å². The largest absolute Gasteiger partial charge is 0.331 e. The average Bonchev–Trinajstić information content (AvgIpc) is 3.17. The van der Waals surface area contributed by atoms with Crippen LogP contribution < -0.4 is 16.0 Å². The molecule has 1 heterocycles. The molecular weight excluding hydrogens is 382 g/mol. The minimum Gasteiger partial charge on any atom is -0.331 e. The summed E-state index contributed by atoms with van der Waals surface area (Å²) in [5.41, 5.74) is 1.39. The van der Waals surface area contributed by atoms with Gasteiger partial charge >= 0.3 is 6.03 Å². The lowest BCUT2D eigenvalue weighted by Gasteiger charge is -2.07. The average molecular weight is 400 g/mol. The highest BCUT2D eigenvalue weighted by Gasteiger charge is 2.13. The quantitative estimate of drug-likeness (QED) is 0.548. The van der Waals surface area contributed by atoms with Crippen molar-refractivity contribution in [1.82, 2.24) is 15.5 Å². The highest BCUT2D eigenvalue weighted by Crippen LogP contribution is 2.19. The molecule has 0 saturated carbocycles. The second kappa shape index (κ2) is 9.15. The van der Waals surface area contributed by atoms with E-state index in [4.69, 9.17) is 0 Å². The Kier molecular flexibility index (Phi) is 6.39. The molecule has 2 aromatic carbocycles. The van der Waals surface area contributed by atoms with E-state index in [0.29, 0.717) is 16.4 Å². The van der Waals surface area contributed by atoms with Crippen molar-refractivity contribution < 1.29 is 9.59 Å². The number of para-hydroxylation sites is 1. The fourth-order valence-corrected chi connectivity index (χ4v) is 3.29. The third-order valence-corrected chi connectivity index (χ3v) is 5.07. The van der Waals surface area contributed by atoms with Gasteiger partial charge in [0.1, 0.15) is 5.01 Å². The van der Waals surface area contributed by atoms with Gasteiger partial charge in [0.25, 0.3) is 5.91 Å². The highest BCUT2D eigenvalue weighted by atomic mass is 32.2. The minimum absolute atomic E-state index is 0.185. The summed E-state index contributed by atoms with van der Waals surface area (Å²) in [4.78, 5) is 25.2. The Hall–Kier alpha value is -2.91. The summed E-state index contributed by atoms with van der Waals surface area (Å²) in [5, 5.41) is 16.8. The molecule has 27 heavy (non-hydrogen) atoms. The van der Waals surface area contributed by atoms with Crippen molar-refractivity contribution in [2.24, 2.45) is 0 Å². The van der Waals surface area contributed by atoms with Crippen LogP contribution in [0.25, 0.3) is 0 Å². The minimum atomic E-state index is -0.348. The number of aromatic nitrogens is 2. The normalized spacial score (nSPS) is 10.3. The van der Waals surface area contributed by atoms with Crippen LogP contribution in [0.15, 0.2) is 59.5 Å². The van der Waals surface area contributed by atoms with E-state index < -0.39 is 0 Å². The molecule has 0 atom stereocenters. The maximum atomic E-state index is 12.2. The number of benzene rings is 2. The predicted octanol–water partition coefficient (Wildman–Crippen LogP) is 3.83. The molecule has 0 aliphatic rings. The second-order valence-electron chi connectivity index (χ2n) is 5.36. The van der Waals surface area contributed by atoms with Gasteiger partial charge in [0, 0.05) is 16.3 Å². The van der Waals surface area contributed by atoms with Gasteiger partial charge in [-0.15, -0.1) is 22.0 Å². The number of carbonyl (C=O) groups excluding carboxylic acids is 2. The third-order valence-electron chi connectivity index (χ3n) is 3.42. The summed E-state index contributed by atoms with van der Waals surface area (Å²) in [6.07, 6.45) is 1.97. The van der Waals surface area contributed by atoms with Crippen LogP contribution in [0.5, 0.6) is 0 Å². The van der Waals surface area contributed by atoms with Crippen molar-refractivity contribution >= 4 is 46.4 Å². The van der Waals surface area contributed by atoms with Gasteiger partial charge in [-0.1, -0.05) is 35.6 Å². The number of carbonyl (C=O) groups is 2. The fraction of sp³-hybridized carbons (Fsp3) is 0.111. The summed E-state index contributed by atoms with van der Waals surface area (Å²) in [6.45, 7) is 0.185. The van der Waals surface area contributed by atoms with Crippen molar-refractivity contribution in [3.63, 3.8) is 0 Å². The van der Waals surface area contributed by atoms with E-state index in [2.05, 4.69) is 26.1 Å². The van der Waals surface area contributed by atoms with Crippen LogP contribution in [0.4, 0.5) is 16.2 Å². The van der Waals surface area contributed by atoms with Gasteiger partial charge in [0.15, 0.2) is 0 Å². The molecule has 3 aromatic rings. The zero-order chi connectivity index (χ0) is 19.1. The molecule has 0 saturated heterocycles. The lowest BCUT2D eigenvalue weighted by atomic mass is 10.3. The zero-order valence-electron chi connectivity index (χ0n) is 14.4. The number of hydrogen-bond acceptors (Lipinski definition) is 6. The Bertz CT molecular complexity index is 930. The van der Waals surface area contributed by atoms with Gasteiger partial charge in [-0.3, -0.25) is 4.79 Å². The molecule has 0 unspecified atom stereocenters. The lowest BCUT2D eigenvalue weighted by Crippen LogP contribution is -2.28. The molecule has 3 N–H and O–H groups in total. The van der Waals surface area contributed by atoms with E-state index in [1.165, 1.54) is 0 Å². The number of amides is 3. The van der Waals surface area contributed by atoms with E-state index in [-0.39, 0.29) is 23.5 Å². The van der Waals surface area contributed by atoms with Crippen molar-refractivity contribution in [3.05, 3.63) is 64.6 Å². The number of nitrogens with one attached hydrogen (secondary N) is 3. The lowest BCUT2D eigenvalue weighted by molar-refractivity contribution is 0.102. The van der Waals surface area contributed by atoms with E-state index in [9.17, 15) is 9.59 Å². The van der Waals surface area contributed by atoms with Gasteiger partial charge < -0.3 is 16.0 Å². The van der Waals surface area contributed by atoms with Gasteiger partial charge in [0.2, 0.25) is 5.01 Å². The fourth-order valence-electron chi connectivity index (χ4n) is 2.15. The molecular formula is C18H17N5O2S2. The van der Waals surface area contributed by atoms with Crippen LogP contribution in [-0.2, 0) is 6.54 Å². The van der Waals surface area contributed by atoms with Crippen LogP contribution in [-0.4, -0.2) is 28.4 Å². The Labute approximate surface area is 164 Å². The first-order chi connectivity index (χ1) is 13.1. The summed E-state index contributed by atoms with van der Waals surface area (Å²) in [6, 6.07) is 16.3. The number of nitrogens with zero attached hydrogens (tertiary/aromatic N) is 2. The number of rotatable bonds is 6. The van der Waals surface area contributed by atoms with Crippen LogP contribution in [0.3, 0.4) is 0 Å². The first kappa shape index (κ1) is 18.9. The molecule has 3 amide bonds. The molecule has 0 fully saturated rings. The van der Waals surface area contributed by atoms with Gasteiger partial charge in [-0.2, -0.15) is 0 Å². The van der Waals surface area contributed by atoms with Crippen molar-refractivity contribution in [1.29, 1.82) is 0 Å². The summed E-state index contributed by atoms with van der Waals surface area (Å²) < 4.78 is 0. The van der Waals surface area contributed by atoms with E-state index in [1.807, 2.05) is 48.7 Å². The first-order valence-corrected chi connectivity index (χ1v) is 10.1. The van der Waals surface area contributed by atoms with E-state index in [0.717, 1.165) is 16.2 Å². The predicted molar refractivity (Wildman–Crippen MR) is 108 cm³/mol. The Balaban J connectivity index is 1.51. The summed E-state index contributed by atoms with van der Waals surface area (Å²) in [5.74, 6) is -0.330. The second-order valence-corrected chi connectivity index (χ2v) is 7.30. The molecule has 0 bridgehead atoms. The number of anilines is 2. The summed E-state index contributed by atoms with van der Waals surface area (Å²) in [7, 11) is 0. The number of thioether (sulfide) groups is 1. The molecule has 7 nitrogen and oxygen atoms in total. The molecule has 138 valence electrons. The molecule has 3 rings (SSSR count). The molecule has 1 aromatic heterocycles. The Morgan fingerprint density at radius 2 is 1.78 bits per heavy atom. The molecule has 0 radical (unpaired) electrons. The van der Waals surface area contributed by atoms with Crippen molar-refractivity contribution in [2.45, 2.75) is 11.4 Å². The van der Waals surface area contributed by atoms with E-state index in [1.54, 1.807) is 23.9 Å². The highest BCUT2D eigenvalue weighted by molar-refractivity contribution is 7.98. The molecule has 0 spiro atoms. The monoisotopic (exact) mass is 399 g/mol. The molecule has 9 heteroatoms. The van der Waals surface area contributed by atoms with Crippen LogP contribution in [0.2, 0.25) is 0 Å². The Morgan fingerprint density at radius 3 is 2.56 bits per heavy atom. The maximum Gasteiger partial charge on any atom is 0.319 e. The van der Waals surface area contributed by atoms with Crippen LogP contribution in [0.1, 0.15) is 14.8 Å². The van der Waals surface area contributed by atoms with Gasteiger partial charge in [-0.05, 0) is 36.6 Å². The molecule has 0 aliphatic heterocycles. The van der Waals surface area contributed by atoms with Crippen molar-refractivity contribution in [2.75, 3.05) is 16.9 Å². The van der Waals surface area contributed by atoms with E-state index >= 15 is 0 Å². The summed E-state index contributed by atoms with van der Waals surface area (Å²) >= 11 is 2.73. The van der Waals surface area contributed by atoms with Crippen LogP contribution >= 0.6 is 23.1 Å². The van der Waals surface area contributed by atoms with Crippen molar-refractivity contribution in [3.8, 4) is 0 Å². The zero-order valence-corrected chi connectivity index (χ0v) is 16.1. The number of hydrogen-bond donors (Lipinski definition) is 3. The Morgan fingerprint density at radius 1 is 1.00 bits per heavy atom. The third kappa shape index (κ3) is 5.53. The van der Waals surface area contributed by atoms with Gasteiger partial charge in [0.05, 0.1) is 6.54 Å². The number of urea groups is 1. The van der Waals surface area contributed by atoms with Gasteiger partial charge in [-0.25, -0.2) is 4.79 Å². The standard InChI is InChI=1S/C18H17N5O2S2/c1-26-14-9-5-8-13(10-14)21-18(25)19-11-15-22-23-17(27-15)16(24)20-12-6-3-2-4-7-12/h2-10H,11H2,1H3,(H,20,24)(H2,19,21,25). The SMILES string of the molecule is CSc1cccc(NC(=O)NCc2nnc(C(=O)Nc3ccccc3)s2)c1. The van der Waals surface area contributed by atoms with Crippen LogP contribution in [0, 0.1) is 0 Å². The maximum absolute atomic E-state index is 12.2.